The van der Waals surface area contributed by atoms with Crippen molar-refractivity contribution in [3.05, 3.63) is 34.5 Å². The lowest BCUT2D eigenvalue weighted by molar-refractivity contribution is 0.387. The fourth-order valence-corrected chi connectivity index (χ4v) is 1.21. The van der Waals surface area contributed by atoms with E-state index in [-0.39, 0.29) is 5.75 Å². The van der Waals surface area contributed by atoms with Gasteiger partial charge in [0.25, 0.3) is 0 Å². The molecule has 0 fully saturated rings. The monoisotopic (exact) mass is 209 g/mol. The summed E-state index contributed by atoms with van der Waals surface area (Å²) < 4.78 is 17.9. The molecule has 0 aliphatic heterocycles. The first-order valence-electron chi connectivity index (χ1n) is 4.19. The van der Waals surface area contributed by atoms with Gasteiger partial charge in [-0.25, -0.2) is 14.3 Å². The lowest BCUT2D eigenvalue weighted by Gasteiger charge is -2.02. The van der Waals surface area contributed by atoms with Crippen LogP contribution in [-0.2, 0) is 0 Å². The topological polar surface area (TPSA) is 70.8 Å². The van der Waals surface area contributed by atoms with Crippen molar-refractivity contribution in [3.8, 4) is 17.1 Å². The molecular formula is C9H8FN3O2. The van der Waals surface area contributed by atoms with E-state index in [1.165, 1.54) is 25.3 Å². The molecule has 0 unspecified atom stereocenters. The summed E-state index contributed by atoms with van der Waals surface area (Å²) in [5.41, 5.74) is 0.167. The van der Waals surface area contributed by atoms with Crippen LogP contribution in [0.1, 0.15) is 0 Å². The first-order chi connectivity index (χ1) is 7.20. The molecule has 2 N–H and O–H groups in total. The number of nitrogens with one attached hydrogen (secondary N) is 2. The lowest BCUT2D eigenvalue weighted by Crippen LogP contribution is -2.00. The summed E-state index contributed by atoms with van der Waals surface area (Å²) in [7, 11) is 1.37. The zero-order valence-corrected chi connectivity index (χ0v) is 7.87. The maximum atomic E-state index is 13.1. The molecule has 5 nitrogen and oxygen atoms in total. The number of ether oxygens (including phenoxy) is 1. The Morgan fingerprint density at radius 2 is 2.27 bits per heavy atom. The highest BCUT2D eigenvalue weighted by Gasteiger charge is 2.07. The van der Waals surface area contributed by atoms with Gasteiger partial charge in [0.1, 0.15) is 0 Å². The molecule has 15 heavy (non-hydrogen) atoms. The van der Waals surface area contributed by atoms with Gasteiger partial charge in [0, 0.05) is 5.56 Å². The number of hydrogen-bond donors (Lipinski definition) is 2. The van der Waals surface area contributed by atoms with Crippen molar-refractivity contribution in [2.45, 2.75) is 0 Å². The molecule has 0 aliphatic rings. The Kier molecular flexibility index (Phi) is 2.24. The molecule has 0 bridgehead atoms. The summed E-state index contributed by atoms with van der Waals surface area (Å²) in [6.45, 7) is 0. The Morgan fingerprint density at radius 1 is 1.47 bits per heavy atom. The van der Waals surface area contributed by atoms with Crippen molar-refractivity contribution in [2.75, 3.05) is 7.11 Å². The van der Waals surface area contributed by atoms with Gasteiger partial charge in [0.2, 0.25) is 0 Å². The molecule has 6 heteroatoms. The molecule has 0 saturated carbocycles. The molecule has 1 heterocycles. The van der Waals surface area contributed by atoms with E-state index in [0.29, 0.717) is 11.4 Å². The van der Waals surface area contributed by atoms with Crippen molar-refractivity contribution >= 4 is 0 Å². The largest absolute Gasteiger partial charge is 0.494 e. The molecule has 78 valence electrons. The van der Waals surface area contributed by atoms with Crippen LogP contribution in [0, 0.1) is 5.82 Å². The van der Waals surface area contributed by atoms with E-state index < -0.39 is 11.5 Å². The summed E-state index contributed by atoms with van der Waals surface area (Å²) in [5.74, 6) is -0.00576. The molecule has 0 aliphatic carbocycles. The predicted octanol–water partition coefficient (Wildman–Crippen LogP) is 0.913. The van der Waals surface area contributed by atoms with Crippen LogP contribution in [-0.4, -0.2) is 22.3 Å². The van der Waals surface area contributed by atoms with Gasteiger partial charge in [-0.05, 0) is 18.2 Å². The molecule has 0 atom stereocenters. The van der Waals surface area contributed by atoms with Gasteiger partial charge in [0.05, 0.1) is 7.11 Å². The van der Waals surface area contributed by atoms with E-state index >= 15 is 0 Å². The number of nitrogens with zero attached hydrogens (tertiary/aromatic N) is 1. The van der Waals surface area contributed by atoms with E-state index in [1.54, 1.807) is 0 Å². The third kappa shape index (κ3) is 1.74. The quantitative estimate of drug-likeness (QED) is 0.772. The standard InChI is InChI=1S/C9H8FN3O2/c1-15-7-4-5(2-3-6(7)10)8-11-9(14)13-12-8/h2-4H,1H3,(H2,11,12,13,14). The van der Waals surface area contributed by atoms with Crippen molar-refractivity contribution in [3.63, 3.8) is 0 Å². The van der Waals surface area contributed by atoms with Crippen LogP contribution in [0.5, 0.6) is 5.75 Å². The molecular weight excluding hydrogens is 201 g/mol. The van der Waals surface area contributed by atoms with E-state index in [2.05, 4.69) is 15.2 Å². The van der Waals surface area contributed by atoms with Gasteiger partial charge in [0.15, 0.2) is 17.4 Å². The van der Waals surface area contributed by atoms with Crippen molar-refractivity contribution in [1.29, 1.82) is 0 Å². The Labute approximate surface area is 83.9 Å². The second-order valence-corrected chi connectivity index (χ2v) is 2.88. The van der Waals surface area contributed by atoms with Crippen LogP contribution >= 0.6 is 0 Å². The zero-order valence-electron chi connectivity index (χ0n) is 7.87. The zero-order chi connectivity index (χ0) is 10.8. The Bertz CT molecular complexity index is 532. The van der Waals surface area contributed by atoms with Crippen molar-refractivity contribution in [1.82, 2.24) is 15.2 Å². The number of H-pyrrole nitrogens is 2. The van der Waals surface area contributed by atoms with Crippen molar-refractivity contribution < 1.29 is 9.13 Å². The van der Waals surface area contributed by atoms with Crippen LogP contribution in [0.4, 0.5) is 4.39 Å². The minimum absolute atomic E-state index is 0.108. The first kappa shape index (κ1) is 9.45. The molecule has 2 rings (SSSR count). The summed E-state index contributed by atoms with van der Waals surface area (Å²) in [4.78, 5) is 13.3. The van der Waals surface area contributed by atoms with Crippen LogP contribution in [0.25, 0.3) is 11.4 Å². The van der Waals surface area contributed by atoms with Gasteiger partial charge >= 0.3 is 5.69 Å². The van der Waals surface area contributed by atoms with E-state index in [1.807, 2.05) is 0 Å². The van der Waals surface area contributed by atoms with Gasteiger partial charge in [-0.3, -0.25) is 4.98 Å². The molecule has 0 spiro atoms. The Hall–Kier alpha value is -2.11. The number of rotatable bonds is 2. The molecule has 0 saturated heterocycles. The second kappa shape index (κ2) is 3.56. The number of aromatic nitrogens is 3. The van der Waals surface area contributed by atoms with E-state index in [0.717, 1.165) is 0 Å². The van der Waals surface area contributed by atoms with Gasteiger partial charge < -0.3 is 4.74 Å². The molecule has 0 amide bonds. The Morgan fingerprint density at radius 3 is 2.87 bits per heavy atom. The Balaban J connectivity index is 2.50. The number of aromatic amines is 2. The first-order valence-corrected chi connectivity index (χ1v) is 4.19. The lowest BCUT2D eigenvalue weighted by atomic mass is 10.2. The average molecular weight is 209 g/mol. The van der Waals surface area contributed by atoms with Crippen LogP contribution in [0.3, 0.4) is 0 Å². The van der Waals surface area contributed by atoms with E-state index in [4.69, 9.17) is 4.74 Å². The molecule has 0 radical (unpaired) electrons. The normalized spacial score (nSPS) is 10.3. The predicted molar refractivity (Wildman–Crippen MR) is 51.2 cm³/mol. The van der Waals surface area contributed by atoms with Crippen LogP contribution < -0.4 is 10.4 Å². The molecule has 1 aromatic carbocycles. The van der Waals surface area contributed by atoms with Gasteiger partial charge in [-0.2, -0.15) is 5.10 Å². The highest BCUT2D eigenvalue weighted by atomic mass is 19.1. The summed E-state index contributed by atoms with van der Waals surface area (Å²) >= 11 is 0. The maximum absolute atomic E-state index is 13.1. The third-order valence-electron chi connectivity index (χ3n) is 1.93. The fraction of sp³-hybridized carbons (Fsp3) is 0.111. The highest BCUT2D eigenvalue weighted by Crippen LogP contribution is 2.22. The number of methoxy groups -OCH3 is 1. The fourth-order valence-electron chi connectivity index (χ4n) is 1.21. The SMILES string of the molecule is COc1cc(-c2n[nH]c(=O)[nH]2)ccc1F. The van der Waals surface area contributed by atoms with Gasteiger partial charge in [-0.15, -0.1) is 0 Å². The maximum Gasteiger partial charge on any atom is 0.340 e. The minimum atomic E-state index is -0.459. The highest BCUT2D eigenvalue weighted by molar-refractivity contribution is 5.57. The third-order valence-corrected chi connectivity index (χ3v) is 1.93. The number of hydrogen-bond acceptors (Lipinski definition) is 3. The second-order valence-electron chi connectivity index (χ2n) is 2.88. The molecule has 1 aromatic heterocycles. The minimum Gasteiger partial charge on any atom is -0.494 e. The summed E-state index contributed by atoms with van der Waals surface area (Å²) in [5, 5.41) is 5.94. The number of halogens is 1. The number of benzene rings is 1. The van der Waals surface area contributed by atoms with Crippen molar-refractivity contribution in [2.24, 2.45) is 0 Å². The van der Waals surface area contributed by atoms with Crippen LogP contribution in [0.2, 0.25) is 0 Å². The summed E-state index contributed by atoms with van der Waals surface area (Å²) in [6, 6.07) is 4.21. The summed E-state index contributed by atoms with van der Waals surface area (Å²) in [6.07, 6.45) is 0. The van der Waals surface area contributed by atoms with Crippen LogP contribution in [0.15, 0.2) is 23.0 Å². The van der Waals surface area contributed by atoms with Gasteiger partial charge in [-0.1, -0.05) is 0 Å². The average Bonchev–Trinajstić information content (AvgIpc) is 2.66. The molecule has 2 aromatic rings. The smallest absolute Gasteiger partial charge is 0.340 e. The van der Waals surface area contributed by atoms with E-state index in [9.17, 15) is 9.18 Å².